The number of hydrogen-bond acceptors (Lipinski definition) is 5. The molecule has 2 rings (SSSR count). The summed E-state index contributed by atoms with van der Waals surface area (Å²) in [5.74, 6) is 0.0104. The highest BCUT2D eigenvalue weighted by atomic mass is 35.5. The number of hydrogen-bond donors (Lipinski definition) is 1. The van der Waals surface area contributed by atoms with Crippen LogP contribution in [0.15, 0.2) is 23.1 Å². The Balaban J connectivity index is 2.22. The van der Waals surface area contributed by atoms with Gasteiger partial charge in [-0.2, -0.15) is 13.1 Å². The molecule has 1 heterocycles. The lowest BCUT2D eigenvalue weighted by atomic mass is 10.2. The Labute approximate surface area is 160 Å². The summed E-state index contributed by atoms with van der Waals surface area (Å²) in [7, 11) is -4.02. The Hall–Kier alpha value is -1.10. The summed E-state index contributed by atoms with van der Waals surface area (Å²) in [5, 5.41) is 2.48. The molecule has 1 aliphatic rings. The van der Waals surface area contributed by atoms with Gasteiger partial charge < -0.3 is 10.1 Å². The number of thioether (sulfide) groups is 1. The van der Waals surface area contributed by atoms with Crippen LogP contribution < -0.4 is 10.1 Å². The maximum absolute atomic E-state index is 12.9. The first-order chi connectivity index (χ1) is 12.1. The third-order valence-corrected chi connectivity index (χ3v) is 6.88. The monoisotopic (exact) mass is 428 g/mol. The molecule has 1 fully saturated rings. The zero-order valence-electron chi connectivity index (χ0n) is 14.1. The summed E-state index contributed by atoms with van der Waals surface area (Å²) in [6, 6.07) is 2.41. The predicted molar refractivity (Wildman–Crippen MR) is 96.1 cm³/mol. The average Bonchev–Trinajstić information content (AvgIpc) is 3.04. The van der Waals surface area contributed by atoms with Crippen LogP contribution in [0.4, 0.5) is 8.78 Å². The highest BCUT2D eigenvalue weighted by Crippen LogP contribution is 2.33. The van der Waals surface area contributed by atoms with Gasteiger partial charge >= 0.3 is 6.61 Å². The number of amides is 1. The second-order valence-corrected chi connectivity index (χ2v) is 9.32. The minimum Gasteiger partial charge on any atom is -0.433 e. The normalized spacial score (nSPS) is 18.5. The molecule has 6 nitrogen and oxygen atoms in total. The highest BCUT2D eigenvalue weighted by Gasteiger charge is 2.40. The van der Waals surface area contributed by atoms with Gasteiger partial charge in [0.15, 0.2) is 0 Å². The van der Waals surface area contributed by atoms with E-state index in [1.807, 2.05) is 13.8 Å². The minimum absolute atomic E-state index is 0.120. The minimum atomic E-state index is -4.02. The molecular formula is C15H19ClF2N2O4S2. The lowest BCUT2D eigenvalue weighted by molar-refractivity contribution is -0.123. The van der Waals surface area contributed by atoms with Crippen molar-refractivity contribution >= 4 is 39.3 Å². The van der Waals surface area contributed by atoms with Crippen LogP contribution in [0.25, 0.3) is 0 Å². The molecular weight excluding hydrogens is 410 g/mol. The summed E-state index contributed by atoms with van der Waals surface area (Å²) in [6.07, 6.45) is 0. The van der Waals surface area contributed by atoms with Crippen molar-refractivity contribution in [2.24, 2.45) is 5.92 Å². The van der Waals surface area contributed by atoms with Gasteiger partial charge in [-0.25, -0.2) is 8.42 Å². The average molecular weight is 429 g/mol. The van der Waals surface area contributed by atoms with Crippen LogP contribution in [0.5, 0.6) is 5.75 Å². The molecule has 1 aromatic rings. The molecule has 26 heavy (non-hydrogen) atoms. The first kappa shape index (κ1) is 21.2. The van der Waals surface area contributed by atoms with E-state index >= 15 is 0 Å². The number of alkyl halides is 2. The number of ether oxygens (including phenoxy) is 1. The number of halogens is 3. The van der Waals surface area contributed by atoms with Crippen LogP contribution in [0.1, 0.15) is 13.8 Å². The van der Waals surface area contributed by atoms with E-state index in [2.05, 4.69) is 10.1 Å². The molecule has 1 aromatic carbocycles. The number of nitrogens with one attached hydrogen (secondary N) is 1. The highest BCUT2D eigenvalue weighted by molar-refractivity contribution is 8.00. The SMILES string of the molecule is CC(C)CNC(=O)C1CSCN1S(=O)(=O)c1ccc(OC(F)F)c(Cl)c1. The molecule has 11 heteroatoms. The van der Waals surface area contributed by atoms with Gasteiger partial charge in [0.1, 0.15) is 11.8 Å². The molecule has 1 atom stereocenters. The first-order valence-corrected chi connectivity index (χ1v) is 10.7. The molecule has 1 N–H and O–H groups in total. The van der Waals surface area contributed by atoms with Gasteiger partial charge in [0.05, 0.1) is 15.8 Å². The van der Waals surface area contributed by atoms with Crippen molar-refractivity contribution in [3.63, 3.8) is 0 Å². The lowest BCUT2D eigenvalue weighted by Gasteiger charge is -2.23. The zero-order chi connectivity index (χ0) is 19.5. The number of rotatable bonds is 7. The van der Waals surface area contributed by atoms with E-state index < -0.39 is 22.7 Å². The molecule has 0 aromatic heterocycles. The molecule has 0 spiro atoms. The third kappa shape index (κ3) is 4.99. The van der Waals surface area contributed by atoms with Crippen molar-refractivity contribution in [1.82, 2.24) is 9.62 Å². The Morgan fingerprint density at radius 3 is 2.73 bits per heavy atom. The summed E-state index contributed by atoms with van der Waals surface area (Å²) in [4.78, 5) is 12.1. The van der Waals surface area contributed by atoms with Gasteiger partial charge in [0.2, 0.25) is 15.9 Å². The van der Waals surface area contributed by atoms with E-state index in [0.29, 0.717) is 12.3 Å². The van der Waals surface area contributed by atoms with Crippen molar-refractivity contribution in [3.8, 4) is 5.75 Å². The lowest BCUT2D eigenvalue weighted by Crippen LogP contribution is -2.47. The van der Waals surface area contributed by atoms with E-state index in [9.17, 15) is 22.0 Å². The maximum atomic E-state index is 12.9. The third-order valence-electron chi connectivity index (χ3n) is 3.56. The smallest absolute Gasteiger partial charge is 0.387 e. The quantitative estimate of drug-likeness (QED) is 0.722. The summed E-state index contributed by atoms with van der Waals surface area (Å²) in [6.45, 7) is 1.24. The molecule has 0 bridgehead atoms. The van der Waals surface area contributed by atoms with Gasteiger partial charge in [-0.05, 0) is 24.1 Å². The van der Waals surface area contributed by atoms with Gasteiger partial charge in [-0.3, -0.25) is 4.79 Å². The second kappa shape index (κ2) is 8.73. The number of carbonyl (C=O) groups excluding carboxylic acids is 1. The molecule has 0 aliphatic carbocycles. The summed E-state index contributed by atoms with van der Waals surface area (Å²) < 4.78 is 55.6. The Morgan fingerprint density at radius 1 is 1.46 bits per heavy atom. The molecule has 1 saturated heterocycles. The molecule has 146 valence electrons. The molecule has 0 saturated carbocycles. The number of sulfonamides is 1. The van der Waals surface area contributed by atoms with Crippen LogP contribution in [0.2, 0.25) is 5.02 Å². The van der Waals surface area contributed by atoms with Crippen molar-refractivity contribution in [1.29, 1.82) is 0 Å². The van der Waals surface area contributed by atoms with Crippen LogP contribution in [0.3, 0.4) is 0 Å². The zero-order valence-corrected chi connectivity index (χ0v) is 16.5. The fraction of sp³-hybridized carbons (Fsp3) is 0.533. The van der Waals surface area contributed by atoms with Gasteiger partial charge in [-0.1, -0.05) is 25.4 Å². The fourth-order valence-corrected chi connectivity index (χ4v) is 5.73. The van der Waals surface area contributed by atoms with E-state index in [1.54, 1.807) is 0 Å². The van der Waals surface area contributed by atoms with E-state index in [0.717, 1.165) is 22.5 Å². The standard InChI is InChI=1S/C15H19ClF2N2O4S2/c1-9(2)6-19-14(21)12-7-25-8-20(12)26(22,23)10-3-4-13(11(16)5-10)24-15(17)18/h3-5,9,12,15H,6-8H2,1-2H3,(H,19,21). The fourth-order valence-electron chi connectivity index (χ4n) is 2.26. The van der Waals surface area contributed by atoms with Crippen molar-refractivity contribution in [2.45, 2.75) is 31.4 Å². The van der Waals surface area contributed by atoms with Gasteiger partial charge in [-0.15, -0.1) is 11.8 Å². The van der Waals surface area contributed by atoms with Crippen molar-refractivity contribution in [2.75, 3.05) is 18.2 Å². The van der Waals surface area contributed by atoms with E-state index in [-0.39, 0.29) is 33.4 Å². The van der Waals surface area contributed by atoms with Crippen molar-refractivity contribution < 1.29 is 26.7 Å². The first-order valence-electron chi connectivity index (χ1n) is 7.74. The topological polar surface area (TPSA) is 75.7 Å². The molecule has 1 aliphatic heterocycles. The van der Waals surface area contributed by atoms with Crippen LogP contribution >= 0.6 is 23.4 Å². The maximum Gasteiger partial charge on any atom is 0.387 e. The molecule has 0 radical (unpaired) electrons. The van der Waals surface area contributed by atoms with Crippen molar-refractivity contribution in [3.05, 3.63) is 23.2 Å². The molecule has 1 unspecified atom stereocenters. The van der Waals surface area contributed by atoms with Crippen LogP contribution in [-0.4, -0.2) is 49.5 Å². The van der Waals surface area contributed by atoms with E-state index in [4.69, 9.17) is 11.6 Å². The predicted octanol–water partition coefficient (Wildman–Crippen LogP) is 2.78. The summed E-state index contributed by atoms with van der Waals surface area (Å²) in [5.41, 5.74) is 0. The molecule has 1 amide bonds. The van der Waals surface area contributed by atoms with Crippen LogP contribution in [-0.2, 0) is 14.8 Å². The van der Waals surface area contributed by atoms with Gasteiger partial charge in [0, 0.05) is 12.3 Å². The number of nitrogens with zero attached hydrogens (tertiary/aromatic N) is 1. The van der Waals surface area contributed by atoms with Gasteiger partial charge in [0.25, 0.3) is 0 Å². The Bertz CT molecular complexity index is 762. The Morgan fingerprint density at radius 2 is 2.15 bits per heavy atom. The Kier molecular flexibility index (Phi) is 7.12. The van der Waals surface area contributed by atoms with Crippen LogP contribution in [0, 0.1) is 5.92 Å². The second-order valence-electron chi connectivity index (χ2n) is 6.02. The van der Waals surface area contributed by atoms with E-state index in [1.165, 1.54) is 11.8 Å². The number of benzene rings is 1. The number of carbonyl (C=O) groups is 1. The largest absolute Gasteiger partial charge is 0.433 e. The summed E-state index contributed by atoms with van der Waals surface area (Å²) >= 11 is 7.16.